The highest BCUT2D eigenvalue weighted by Crippen LogP contribution is 2.25. The van der Waals surface area contributed by atoms with Crippen LogP contribution in [0.1, 0.15) is 22.5 Å². The smallest absolute Gasteiger partial charge is 0.265 e. The van der Waals surface area contributed by atoms with E-state index in [9.17, 15) is 9.59 Å². The predicted molar refractivity (Wildman–Crippen MR) is 111 cm³/mol. The Kier molecular flexibility index (Phi) is 5.10. The number of rotatable bonds is 4. The molecule has 1 aliphatic rings. The Morgan fingerprint density at radius 2 is 1.89 bits per heavy atom. The topological polar surface area (TPSA) is 54.3 Å². The van der Waals surface area contributed by atoms with Crippen LogP contribution in [0, 0.1) is 20.8 Å². The zero-order valence-electron chi connectivity index (χ0n) is 15.6. The molecular weight excluding hydrogens is 358 g/mol. The highest BCUT2D eigenvalue weighted by atomic mass is 32.1. The van der Waals surface area contributed by atoms with Crippen LogP contribution in [-0.4, -0.2) is 32.9 Å². The van der Waals surface area contributed by atoms with E-state index >= 15 is 0 Å². The third-order valence-electron chi connectivity index (χ3n) is 4.62. The van der Waals surface area contributed by atoms with Crippen molar-refractivity contribution in [3.8, 4) is 5.69 Å². The first-order valence-electron chi connectivity index (χ1n) is 8.60. The molecule has 1 aromatic carbocycles. The maximum Gasteiger partial charge on any atom is 0.265 e. The summed E-state index contributed by atoms with van der Waals surface area (Å²) in [5.74, 6) is -0.893. The molecule has 0 aliphatic carbocycles. The number of para-hydroxylation sites is 1. The Bertz CT molecular complexity index is 1000. The summed E-state index contributed by atoms with van der Waals surface area (Å²) in [5, 5.41) is 2.68. The van der Waals surface area contributed by atoms with Gasteiger partial charge in [-0.1, -0.05) is 24.3 Å². The zero-order chi connectivity index (χ0) is 19.7. The predicted octanol–water partition coefficient (Wildman–Crippen LogP) is 3.22. The molecule has 0 unspecified atom stereocenters. The fourth-order valence-corrected chi connectivity index (χ4v) is 3.51. The van der Waals surface area contributed by atoms with Gasteiger partial charge < -0.3 is 4.57 Å². The van der Waals surface area contributed by atoms with Crippen LogP contribution in [0.2, 0.25) is 0 Å². The average Bonchev–Trinajstić information content (AvgIpc) is 2.89. The van der Waals surface area contributed by atoms with Gasteiger partial charge in [0.15, 0.2) is 5.11 Å². The normalized spacial score (nSPS) is 16.0. The fraction of sp³-hybridized carbons (Fsp3) is 0.190. The second-order valence-electron chi connectivity index (χ2n) is 6.47. The van der Waals surface area contributed by atoms with E-state index in [-0.39, 0.29) is 17.2 Å². The van der Waals surface area contributed by atoms with Crippen molar-refractivity contribution in [3.05, 3.63) is 71.1 Å². The molecular formula is C21H21N3O2S. The van der Waals surface area contributed by atoms with Crippen molar-refractivity contribution in [2.45, 2.75) is 20.8 Å². The lowest BCUT2D eigenvalue weighted by Gasteiger charge is -2.27. The van der Waals surface area contributed by atoms with Gasteiger partial charge in [-0.3, -0.25) is 19.8 Å². The Morgan fingerprint density at radius 3 is 2.56 bits per heavy atom. The molecule has 1 aliphatic heterocycles. The molecule has 2 amide bonds. The van der Waals surface area contributed by atoms with Crippen LogP contribution in [0.15, 0.2) is 48.6 Å². The lowest BCUT2D eigenvalue weighted by Crippen LogP contribution is -2.53. The van der Waals surface area contributed by atoms with Gasteiger partial charge in [0.05, 0.1) is 0 Å². The van der Waals surface area contributed by atoms with E-state index in [1.165, 1.54) is 4.90 Å². The van der Waals surface area contributed by atoms with E-state index in [4.69, 9.17) is 12.2 Å². The van der Waals surface area contributed by atoms with Gasteiger partial charge in [-0.25, -0.2) is 0 Å². The molecule has 2 heterocycles. The summed E-state index contributed by atoms with van der Waals surface area (Å²) in [6.45, 7) is 9.91. The number of thiocarbonyl (C=S) groups is 1. The highest BCUT2D eigenvalue weighted by molar-refractivity contribution is 7.80. The maximum absolute atomic E-state index is 12.7. The lowest BCUT2D eigenvalue weighted by molar-refractivity contribution is -0.128. The molecule has 1 aromatic heterocycles. The number of carbonyl (C=O) groups is 2. The SMILES string of the molecule is C=CCN1C(=O)/C(=C/c2cc(C)n(-c3ccccc3C)c2C)C(=O)NC1=S. The first kappa shape index (κ1) is 18.8. The number of carbonyl (C=O) groups excluding carboxylic acids is 2. The van der Waals surface area contributed by atoms with Crippen LogP contribution >= 0.6 is 12.2 Å². The summed E-state index contributed by atoms with van der Waals surface area (Å²) in [6.07, 6.45) is 3.20. The molecule has 0 saturated carbocycles. The summed E-state index contributed by atoms with van der Waals surface area (Å²) in [7, 11) is 0. The van der Waals surface area contributed by atoms with Crippen molar-refractivity contribution in [1.82, 2.24) is 14.8 Å². The fourth-order valence-electron chi connectivity index (χ4n) is 3.26. The van der Waals surface area contributed by atoms with E-state index in [1.807, 2.05) is 32.0 Å². The van der Waals surface area contributed by atoms with E-state index in [2.05, 4.69) is 35.5 Å². The number of hydrogen-bond donors (Lipinski definition) is 1. The summed E-state index contributed by atoms with van der Waals surface area (Å²) in [6, 6.07) is 10.1. The zero-order valence-corrected chi connectivity index (χ0v) is 16.4. The van der Waals surface area contributed by atoms with E-state index in [1.54, 1.807) is 12.2 Å². The van der Waals surface area contributed by atoms with Gasteiger partial charge in [0.2, 0.25) is 0 Å². The van der Waals surface area contributed by atoms with E-state index in [0.717, 1.165) is 28.2 Å². The molecule has 0 radical (unpaired) electrons. The van der Waals surface area contributed by atoms with Crippen LogP contribution in [0.4, 0.5) is 0 Å². The number of amides is 2. The Morgan fingerprint density at radius 1 is 1.19 bits per heavy atom. The largest absolute Gasteiger partial charge is 0.318 e. The molecule has 27 heavy (non-hydrogen) atoms. The monoisotopic (exact) mass is 379 g/mol. The number of aryl methyl sites for hydroxylation is 2. The molecule has 1 saturated heterocycles. The molecule has 0 bridgehead atoms. The van der Waals surface area contributed by atoms with Crippen LogP contribution in [-0.2, 0) is 9.59 Å². The maximum atomic E-state index is 12.7. The van der Waals surface area contributed by atoms with Gasteiger partial charge in [-0.2, -0.15) is 0 Å². The van der Waals surface area contributed by atoms with Crippen LogP contribution in [0.3, 0.4) is 0 Å². The molecule has 1 fully saturated rings. The van der Waals surface area contributed by atoms with E-state index in [0.29, 0.717) is 0 Å². The highest BCUT2D eigenvalue weighted by Gasteiger charge is 2.32. The third-order valence-corrected chi connectivity index (χ3v) is 4.95. The lowest BCUT2D eigenvalue weighted by atomic mass is 10.1. The molecule has 0 atom stereocenters. The average molecular weight is 379 g/mol. The van der Waals surface area contributed by atoms with Gasteiger partial charge >= 0.3 is 0 Å². The summed E-state index contributed by atoms with van der Waals surface area (Å²) >= 11 is 5.09. The molecule has 0 spiro atoms. The van der Waals surface area contributed by atoms with Crippen molar-refractivity contribution in [2.24, 2.45) is 0 Å². The van der Waals surface area contributed by atoms with Crippen LogP contribution in [0.25, 0.3) is 11.8 Å². The summed E-state index contributed by atoms with van der Waals surface area (Å²) in [4.78, 5) is 26.4. The van der Waals surface area contributed by atoms with Crippen LogP contribution < -0.4 is 5.32 Å². The third kappa shape index (κ3) is 3.36. The number of hydrogen-bond acceptors (Lipinski definition) is 3. The molecule has 3 rings (SSSR count). The Balaban J connectivity index is 2.07. The second-order valence-corrected chi connectivity index (χ2v) is 6.86. The van der Waals surface area contributed by atoms with Gasteiger partial charge in [0.25, 0.3) is 11.8 Å². The second kappa shape index (κ2) is 7.32. The van der Waals surface area contributed by atoms with Gasteiger partial charge in [0, 0.05) is 23.6 Å². The van der Waals surface area contributed by atoms with Crippen molar-refractivity contribution in [2.75, 3.05) is 6.54 Å². The summed E-state index contributed by atoms with van der Waals surface area (Å²) in [5.41, 5.74) is 5.09. The molecule has 5 nitrogen and oxygen atoms in total. The Hall–Kier alpha value is -2.99. The first-order chi connectivity index (χ1) is 12.8. The van der Waals surface area contributed by atoms with Crippen molar-refractivity contribution >= 4 is 35.2 Å². The van der Waals surface area contributed by atoms with Gasteiger partial charge in [-0.05, 0) is 62.3 Å². The minimum Gasteiger partial charge on any atom is -0.318 e. The van der Waals surface area contributed by atoms with Gasteiger partial charge in [0.1, 0.15) is 5.57 Å². The van der Waals surface area contributed by atoms with Crippen LogP contribution in [0.5, 0.6) is 0 Å². The molecule has 1 N–H and O–H groups in total. The summed E-state index contributed by atoms with van der Waals surface area (Å²) < 4.78 is 2.12. The number of nitrogens with one attached hydrogen (secondary N) is 1. The number of benzene rings is 1. The van der Waals surface area contributed by atoms with E-state index < -0.39 is 11.8 Å². The van der Waals surface area contributed by atoms with Crippen molar-refractivity contribution in [3.63, 3.8) is 0 Å². The van der Waals surface area contributed by atoms with Crippen molar-refractivity contribution < 1.29 is 9.59 Å². The molecule has 2 aromatic rings. The molecule has 138 valence electrons. The quantitative estimate of drug-likeness (QED) is 0.384. The number of nitrogens with zero attached hydrogens (tertiary/aromatic N) is 2. The first-order valence-corrected chi connectivity index (χ1v) is 9.00. The number of aromatic nitrogens is 1. The Labute approximate surface area is 164 Å². The minimum atomic E-state index is -0.481. The standard InChI is InChI=1S/C21H21N3O2S/c1-5-10-23-20(26)17(19(25)22-21(23)27)12-16-11-14(3)24(15(16)4)18-9-7-6-8-13(18)2/h5-9,11-12H,1,10H2,2-4H3,(H,22,25,27)/b17-12+. The molecule has 6 heteroatoms. The van der Waals surface area contributed by atoms with Gasteiger partial charge in [-0.15, -0.1) is 6.58 Å². The van der Waals surface area contributed by atoms with Crippen molar-refractivity contribution in [1.29, 1.82) is 0 Å². The minimum absolute atomic E-state index is 0.0653.